The van der Waals surface area contributed by atoms with Gasteiger partial charge in [-0.1, -0.05) is 49.7 Å². The van der Waals surface area contributed by atoms with E-state index >= 15 is 0 Å². The molecule has 0 fully saturated rings. The van der Waals surface area contributed by atoms with E-state index in [1.165, 1.54) is 11.1 Å². The second-order valence-electron chi connectivity index (χ2n) is 8.96. The largest absolute Gasteiger partial charge is 0.654 e. The Kier molecular flexibility index (Phi) is 11.4. The molecule has 2 aromatic carbocycles. The SMILES string of the molecule is C.Cc1cc(C)c(Nc2nc(Nc3c(C)cc(C)cc3C)c(N=NC(C)[NH-])c(C)c2C#N)c(C)c1.[Y]. The van der Waals surface area contributed by atoms with E-state index in [0.29, 0.717) is 28.5 Å². The van der Waals surface area contributed by atoms with E-state index in [0.717, 1.165) is 33.6 Å². The fourth-order valence-electron chi connectivity index (χ4n) is 4.27. The molecule has 36 heavy (non-hydrogen) atoms. The molecule has 0 saturated heterocycles. The molecular weight excluding hydrogens is 523 g/mol. The van der Waals surface area contributed by atoms with Gasteiger partial charge in [0.15, 0.2) is 11.6 Å². The molecule has 0 saturated carbocycles. The topological polar surface area (TPSA) is 109 Å². The number of nitrogens with one attached hydrogen (secondary N) is 3. The number of pyridine rings is 1. The monoisotopic (exact) mass is 559 g/mol. The second kappa shape index (κ2) is 13.1. The number of hydrogen-bond donors (Lipinski definition) is 2. The van der Waals surface area contributed by atoms with E-state index in [9.17, 15) is 5.26 Å². The number of aryl methyl sites for hydroxylation is 6. The fraction of sp³-hybridized carbons (Fsp3) is 0.357. The summed E-state index contributed by atoms with van der Waals surface area (Å²) in [5.41, 5.74) is 17.8. The van der Waals surface area contributed by atoms with Crippen LogP contribution >= 0.6 is 0 Å². The molecule has 0 bridgehead atoms. The van der Waals surface area contributed by atoms with Crippen molar-refractivity contribution in [3.05, 3.63) is 74.5 Å². The molecule has 1 heterocycles. The Balaban J connectivity index is 0.00000324. The summed E-state index contributed by atoms with van der Waals surface area (Å²) >= 11 is 0. The van der Waals surface area contributed by atoms with Crippen molar-refractivity contribution in [2.24, 2.45) is 10.2 Å². The van der Waals surface area contributed by atoms with Crippen molar-refractivity contribution in [1.29, 1.82) is 5.26 Å². The summed E-state index contributed by atoms with van der Waals surface area (Å²) in [4.78, 5) is 4.82. The fourth-order valence-corrected chi connectivity index (χ4v) is 4.27. The van der Waals surface area contributed by atoms with Gasteiger partial charge in [0.2, 0.25) is 0 Å². The van der Waals surface area contributed by atoms with Crippen LogP contribution < -0.4 is 10.6 Å². The van der Waals surface area contributed by atoms with Crippen LogP contribution in [0.3, 0.4) is 0 Å². The van der Waals surface area contributed by atoms with Crippen LogP contribution in [-0.2, 0) is 32.7 Å². The van der Waals surface area contributed by atoms with Gasteiger partial charge in [-0.25, -0.2) is 10.1 Å². The second-order valence-corrected chi connectivity index (χ2v) is 8.96. The Morgan fingerprint density at radius 2 is 1.25 bits per heavy atom. The molecule has 1 atom stereocenters. The van der Waals surface area contributed by atoms with Crippen molar-refractivity contribution < 1.29 is 32.7 Å². The van der Waals surface area contributed by atoms with Gasteiger partial charge < -0.3 is 16.4 Å². The molecule has 0 aliphatic heterocycles. The van der Waals surface area contributed by atoms with Gasteiger partial charge in [0.25, 0.3) is 0 Å². The Bertz CT molecular complexity index is 1270. The van der Waals surface area contributed by atoms with Crippen LogP contribution in [0.2, 0.25) is 0 Å². The smallest absolute Gasteiger partial charge is 0.161 e. The number of anilines is 4. The quantitative estimate of drug-likeness (QED) is 0.294. The number of rotatable bonds is 6. The predicted octanol–water partition coefficient (Wildman–Crippen LogP) is 8.71. The minimum absolute atomic E-state index is 0. The predicted molar refractivity (Wildman–Crippen MR) is 147 cm³/mol. The first-order valence-electron chi connectivity index (χ1n) is 11.3. The minimum Gasteiger partial charge on any atom is -0.654 e. The number of nitrogens with zero attached hydrogens (tertiary/aromatic N) is 4. The van der Waals surface area contributed by atoms with Crippen LogP contribution in [0, 0.1) is 59.8 Å². The van der Waals surface area contributed by atoms with E-state index in [-0.39, 0.29) is 40.1 Å². The molecule has 3 N–H and O–H groups in total. The molecule has 187 valence electrons. The van der Waals surface area contributed by atoms with Crippen molar-refractivity contribution in [2.45, 2.75) is 69.0 Å². The van der Waals surface area contributed by atoms with Gasteiger partial charge in [0.1, 0.15) is 11.8 Å². The molecule has 0 aliphatic rings. The van der Waals surface area contributed by atoms with Crippen molar-refractivity contribution in [2.75, 3.05) is 10.6 Å². The first kappa shape index (κ1) is 31.4. The molecule has 8 heteroatoms. The van der Waals surface area contributed by atoms with Crippen LogP contribution in [0.5, 0.6) is 0 Å². The van der Waals surface area contributed by atoms with Gasteiger partial charge in [0.05, 0.1) is 5.56 Å². The normalized spacial score (nSPS) is 11.3. The van der Waals surface area contributed by atoms with Gasteiger partial charge in [-0.05, 0) is 76.9 Å². The Hall–Kier alpha value is -2.66. The first-order chi connectivity index (χ1) is 16.0. The van der Waals surface area contributed by atoms with E-state index in [1.54, 1.807) is 6.92 Å². The van der Waals surface area contributed by atoms with Crippen molar-refractivity contribution in [3.8, 4) is 6.07 Å². The van der Waals surface area contributed by atoms with E-state index in [2.05, 4.69) is 65.0 Å². The van der Waals surface area contributed by atoms with E-state index < -0.39 is 6.17 Å². The van der Waals surface area contributed by atoms with Crippen LogP contribution in [0.1, 0.15) is 58.9 Å². The van der Waals surface area contributed by atoms with Crippen molar-refractivity contribution >= 4 is 28.7 Å². The summed E-state index contributed by atoms with van der Waals surface area (Å²) in [6, 6.07) is 10.7. The third kappa shape index (κ3) is 6.97. The van der Waals surface area contributed by atoms with Gasteiger partial charge in [-0.15, -0.1) is 0 Å². The van der Waals surface area contributed by atoms with E-state index in [4.69, 9.17) is 10.7 Å². The number of nitriles is 1. The molecular formula is C28H36N7Y-. The third-order valence-electron chi connectivity index (χ3n) is 5.70. The summed E-state index contributed by atoms with van der Waals surface area (Å²) < 4.78 is 0. The molecule has 0 aliphatic carbocycles. The summed E-state index contributed by atoms with van der Waals surface area (Å²) in [7, 11) is 0. The minimum atomic E-state index is -0.726. The standard InChI is InChI=1S/C27H32N7.CH4.Y/c1-14-9-16(3)23(17(4)10-14)30-26-22(13-28)20(7)25(34-33-21(8)29)27(32-26)31-24-18(5)11-15(2)12-19(24)6;;/h9-12,21,29H,1-8H3,(H2,30,31,32);1H4;/q-1;;. The van der Waals surface area contributed by atoms with Gasteiger partial charge >= 0.3 is 0 Å². The summed E-state index contributed by atoms with van der Waals surface area (Å²) in [6.07, 6.45) is -0.726. The molecule has 1 unspecified atom stereocenters. The van der Waals surface area contributed by atoms with Crippen LogP contribution in [0.25, 0.3) is 5.73 Å². The third-order valence-corrected chi connectivity index (χ3v) is 5.70. The Morgan fingerprint density at radius 3 is 1.64 bits per heavy atom. The van der Waals surface area contributed by atoms with Gasteiger partial charge in [0, 0.05) is 49.6 Å². The first-order valence-corrected chi connectivity index (χ1v) is 11.3. The molecule has 1 radical (unpaired) electrons. The molecule has 7 nitrogen and oxygen atoms in total. The zero-order valence-corrected chi connectivity index (χ0v) is 24.6. The number of azo groups is 1. The molecule has 0 spiro atoms. The number of benzene rings is 2. The maximum absolute atomic E-state index is 10.0. The summed E-state index contributed by atoms with van der Waals surface area (Å²) in [6.45, 7) is 15.8. The molecule has 3 rings (SSSR count). The molecule has 3 aromatic rings. The van der Waals surface area contributed by atoms with Crippen LogP contribution in [0.4, 0.5) is 28.7 Å². The average Bonchev–Trinajstić information content (AvgIpc) is 2.72. The summed E-state index contributed by atoms with van der Waals surface area (Å²) in [5.74, 6) is 0.943. The zero-order chi connectivity index (χ0) is 25.2. The molecule has 1 aromatic heterocycles. The maximum atomic E-state index is 10.0. The number of aromatic nitrogens is 1. The van der Waals surface area contributed by atoms with Gasteiger partial charge in [-0.2, -0.15) is 10.4 Å². The Morgan fingerprint density at radius 1 is 0.833 bits per heavy atom. The molecule has 0 amide bonds. The maximum Gasteiger partial charge on any atom is 0.161 e. The van der Waals surface area contributed by atoms with Crippen LogP contribution in [0.15, 0.2) is 34.5 Å². The zero-order valence-electron chi connectivity index (χ0n) is 21.8. The van der Waals surface area contributed by atoms with Gasteiger partial charge in [-0.3, -0.25) is 0 Å². The summed E-state index contributed by atoms with van der Waals surface area (Å²) in [5, 5.41) is 25.2. The average molecular weight is 560 g/mol. The Labute approximate surface area is 240 Å². The van der Waals surface area contributed by atoms with E-state index in [1.807, 2.05) is 34.6 Å². The van der Waals surface area contributed by atoms with Crippen molar-refractivity contribution in [1.82, 2.24) is 4.98 Å². The number of hydrogen-bond acceptors (Lipinski definition) is 6. The van der Waals surface area contributed by atoms with Crippen LogP contribution in [-0.4, -0.2) is 11.1 Å². The van der Waals surface area contributed by atoms with Crippen molar-refractivity contribution in [3.63, 3.8) is 0 Å².